The van der Waals surface area contributed by atoms with Crippen molar-refractivity contribution >= 4 is 0 Å². The minimum absolute atomic E-state index is 0.0505. The van der Waals surface area contributed by atoms with Crippen molar-refractivity contribution in [1.82, 2.24) is 15.1 Å². The molecule has 84 valence electrons. The predicted molar refractivity (Wildman–Crippen MR) is 58.4 cm³/mol. The normalized spacial score (nSPS) is 27.4. The minimum Gasteiger partial charge on any atom is -0.393 e. The van der Waals surface area contributed by atoms with Crippen LogP contribution in [-0.4, -0.2) is 27.5 Å². The highest BCUT2D eigenvalue weighted by Gasteiger charge is 2.27. The summed E-state index contributed by atoms with van der Waals surface area (Å²) in [6.07, 6.45) is 5.78. The Morgan fingerprint density at radius 1 is 1.67 bits per heavy atom. The fraction of sp³-hybridized carbons (Fsp3) is 0.727. The minimum atomic E-state index is -0.0505. The van der Waals surface area contributed by atoms with Crippen LogP contribution in [-0.2, 0) is 7.05 Å². The van der Waals surface area contributed by atoms with Crippen LogP contribution in [0.2, 0.25) is 0 Å². The van der Waals surface area contributed by atoms with Crippen LogP contribution in [0, 0.1) is 5.92 Å². The van der Waals surface area contributed by atoms with Gasteiger partial charge >= 0.3 is 0 Å². The first-order valence-corrected chi connectivity index (χ1v) is 5.55. The molecule has 0 saturated heterocycles. The van der Waals surface area contributed by atoms with Gasteiger partial charge < -0.3 is 10.4 Å². The molecule has 0 aliphatic heterocycles. The first kappa shape index (κ1) is 10.6. The SMILES string of the molecule is CC(NCC1CC(O)C1)c1cnn(C)c1. The summed E-state index contributed by atoms with van der Waals surface area (Å²) >= 11 is 0. The maximum absolute atomic E-state index is 9.16. The molecule has 1 aliphatic rings. The lowest BCUT2D eigenvalue weighted by atomic mass is 9.82. The van der Waals surface area contributed by atoms with E-state index in [0.717, 1.165) is 19.4 Å². The van der Waals surface area contributed by atoms with Crippen molar-refractivity contribution in [2.24, 2.45) is 13.0 Å². The molecule has 0 bridgehead atoms. The molecule has 0 amide bonds. The van der Waals surface area contributed by atoms with Gasteiger partial charge in [0.05, 0.1) is 12.3 Å². The zero-order valence-electron chi connectivity index (χ0n) is 9.35. The zero-order chi connectivity index (χ0) is 10.8. The number of nitrogens with one attached hydrogen (secondary N) is 1. The van der Waals surface area contributed by atoms with Crippen LogP contribution in [0.25, 0.3) is 0 Å². The van der Waals surface area contributed by atoms with Gasteiger partial charge in [-0.2, -0.15) is 5.10 Å². The van der Waals surface area contributed by atoms with Crippen LogP contribution in [0.5, 0.6) is 0 Å². The Balaban J connectivity index is 1.75. The molecule has 0 aromatic carbocycles. The molecular weight excluding hydrogens is 190 g/mol. The molecule has 0 radical (unpaired) electrons. The number of rotatable bonds is 4. The molecule has 1 aromatic rings. The van der Waals surface area contributed by atoms with E-state index in [9.17, 15) is 0 Å². The fourth-order valence-electron chi connectivity index (χ4n) is 1.99. The summed E-state index contributed by atoms with van der Waals surface area (Å²) in [6.45, 7) is 3.14. The first-order chi connectivity index (χ1) is 7.15. The molecule has 1 fully saturated rings. The third-order valence-electron chi connectivity index (χ3n) is 3.15. The summed E-state index contributed by atoms with van der Waals surface area (Å²) in [6, 6.07) is 0.344. The van der Waals surface area contributed by atoms with Gasteiger partial charge in [0.2, 0.25) is 0 Å². The molecule has 1 saturated carbocycles. The number of hydrogen-bond donors (Lipinski definition) is 2. The van der Waals surface area contributed by atoms with Gasteiger partial charge in [0, 0.05) is 24.8 Å². The second-order valence-electron chi connectivity index (χ2n) is 4.57. The van der Waals surface area contributed by atoms with E-state index >= 15 is 0 Å². The lowest BCUT2D eigenvalue weighted by Crippen LogP contribution is -2.36. The Hall–Kier alpha value is -0.870. The Labute approximate surface area is 90.3 Å². The smallest absolute Gasteiger partial charge is 0.0546 e. The Morgan fingerprint density at radius 3 is 2.93 bits per heavy atom. The van der Waals surface area contributed by atoms with E-state index in [4.69, 9.17) is 5.11 Å². The highest BCUT2D eigenvalue weighted by atomic mass is 16.3. The van der Waals surface area contributed by atoms with Crippen LogP contribution in [0.1, 0.15) is 31.4 Å². The summed E-state index contributed by atoms with van der Waals surface area (Å²) in [5.74, 6) is 0.652. The molecule has 1 unspecified atom stereocenters. The monoisotopic (exact) mass is 209 g/mol. The van der Waals surface area contributed by atoms with E-state index in [1.54, 1.807) is 0 Å². The zero-order valence-corrected chi connectivity index (χ0v) is 9.35. The molecular formula is C11H19N3O. The number of hydrogen-bond acceptors (Lipinski definition) is 3. The second kappa shape index (κ2) is 4.33. The lowest BCUT2D eigenvalue weighted by Gasteiger charge is -2.32. The van der Waals surface area contributed by atoms with Crippen molar-refractivity contribution < 1.29 is 5.11 Å². The van der Waals surface area contributed by atoms with Gasteiger partial charge in [-0.25, -0.2) is 0 Å². The number of aliphatic hydroxyl groups is 1. The topological polar surface area (TPSA) is 50.1 Å². The molecule has 2 N–H and O–H groups in total. The second-order valence-corrected chi connectivity index (χ2v) is 4.57. The lowest BCUT2D eigenvalue weighted by molar-refractivity contribution is 0.0420. The summed E-state index contributed by atoms with van der Waals surface area (Å²) in [4.78, 5) is 0. The largest absolute Gasteiger partial charge is 0.393 e. The Morgan fingerprint density at radius 2 is 2.40 bits per heavy atom. The van der Waals surface area contributed by atoms with Gasteiger partial charge in [0.1, 0.15) is 0 Å². The molecule has 0 spiro atoms. The number of aromatic nitrogens is 2. The molecule has 1 atom stereocenters. The van der Waals surface area contributed by atoms with Crippen molar-refractivity contribution in [3.8, 4) is 0 Å². The van der Waals surface area contributed by atoms with E-state index in [-0.39, 0.29) is 6.10 Å². The summed E-state index contributed by atoms with van der Waals surface area (Å²) < 4.78 is 1.82. The van der Waals surface area contributed by atoms with E-state index in [0.29, 0.717) is 12.0 Å². The predicted octanol–water partition coefficient (Wildman–Crippen LogP) is 0.842. The standard InChI is InChI=1S/C11H19N3O/c1-8(10-6-13-14(2)7-10)12-5-9-3-11(15)4-9/h6-9,11-12,15H,3-5H2,1-2H3. The Bertz CT molecular complexity index is 317. The van der Waals surface area contributed by atoms with Crippen LogP contribution in [0.15, 0.2) is 12.4 Å². The third kappa shape index (κ3) is 2.58. The Kier molecular flexibility index (Phi) is 3.07. The van der Waals surface area contributed by atoms with E-state index in [2.05, 4.69) is 17.3 Å². The molecule has 2 rings (SSSR count). The summed E-state index contributed by atoms with van der Waals surface area (Å²) in [5.41, 5.74) is 1.22. The van der Waals surface area contributed by atoms with Gasteiger partial charge in [-0.1, -0.05) is 0 Å². The van der Waals surface area contributed by atoms with Crippen molar-refractivity contribution in [2.45, 2.75) is 31.9 Å². The van der Waals surface area contributed by atoms with Crippen LogP contribution < -0.4 is 5.32 Å². The number of nitrogens with zero attached hydrogens (tertiary/aromatic N) is 2. The van der Waals surface area contributed by atoms with Crippen LogP contribution in [0.4, 0.5) is 0 Å². The maximum Gasteiger partial charge on any atom is 0.0546 e. The average molecular weight is 209 g/mol. The molecule has 1 heterocycles. The number of aliphatic hydroxyl groups excluding tert-OH is 1. The molecule has 4 heteroatoms. The molecule has 15 heavy (non-hydrogen) atoms. The third-order valence-corrected chi connectivity index (χ3v) is 3.15. The van der Waals surface area contributed by atoms with Crippen LogP contribution in [0.3, 0.4) is 0 Å². The fourth-order valence-corrected chi connectivity index (χ4v) is 1.99. The van der Waals surface area contributed by atoms with E-state index in [1.165, 1.54) is 5.56 Å². The van der Waals surface area contributed by atoms with Gasteiger partial charge in [0.15, 0.2) is 0 Å². The molecule has 1 aliphatic carbocycles. The van der Waals surface area contributed by atoms with Crippen molar-refractivity contribution in [3.05, 3.63) is 18.0 Å². The van der Waals surface area contributed by atoms with E-state index in [1.807, 2.05) is 24.1 Å². The first-order valence-electron chi connectivity index (χ1n) is 5.55. The quantitative estimate of drug-likeness (QED) is 0.772. The van der Waals surface area contributed by atoms with Gasteiger partial charge in [-0.15, -0.1) is 0 Å². The highest BCUT2D eigenvalue weighted by molar-refractivity contribution is 5.08. The van der Waals surface area contributed by atoms with Crippen molar-refractivity contribution in [1.29, 1.82) is 0 Å². The van der Waals surface area contributed by atoms with Crippen molar-refractivity contribution in [2.75, 3.05) is 6.54 Å². The molecule has 4 nitrogen and oxygen atoms in total. The van der Waals surface area contributed by atoms with E-state index < -0.39 is 0 Å². The van der Waals surface area contributed by atoms with Crippen LogP contribution >= 0.6 is 0 Å². The summed E-state index contributed by atoms with van der Waals surface area (Å²) in [5, 5.41) is 16.8. The number of aryl methyl sites for hydroxylation is 1. The van der Waals surface area contributed by atoms with Gasteiger partial charge in [-0.3, -0.25) is 4.68 Å². The summed E-state index contributed by atoms with van der Waals surface area (Å²) in [7, 11) is 1.93. The van der Waals surface area contributed by atoms with Gasteiger partial charge in [0.25, 0.3) is 0 Å². The maximum atomic E-state index is 9.16. The van der Waals surface area contributed by atoms with Crippen molar-refractivity contribution in [3.63, 3.8) is 0 Å². The highest BCUT2D eigenvalue weighted by Crippen LogP contribution is 2.26. The average Bonchev–Trinajstić information content (AvgIpc) is 2.57. The molecule has 1 aromatic heterocycles. The van der Waals surface area contributed by atoms with Gasteiger partial charge in [-0.05, 0) is 32.2 Å².